The number of carbonyl (C=O) groups is 3. The van der Waals surface area contributed by atoms with E-state index in [1.54, 1.807) is 65.8 Å². The minimum atomic E-state index is -4.49. The van der Waals surface area contributed by atoms with Crippen LogP contribution in [0.2, 0.25) is 0 Å². The standard InChI is InChI=1S/C38H48N4O16S4/c1-37(2)30(41(17-9-19-59(47,48)49)28-12-8-11-26(32(28)37)36(45)46)13-6-5-7-14-31-38(3,4)33-27(35(44)40-16-22-62(56,57)58)23-25(34(43)39-15-21-61(53,54)55)24-29(33)42(31)18-10-20-60(50,51)52/h5-8,11-14,23-24H,9-10,15-22H2,1-4H3,(H6-,39,40,43,44,45,46,47,48,49,50,51,52,53,54,55,56,57,58)/p+1. The van der Waals surface area contributed by atoms with Gasteiger partial charge in [-0.2, -0.15) is 38.2 Å². The molecule has 20 nitrogen and oxygen atoms in total. The van der Waals surface area contributed by atoms with Crippen molar-refractivity contribution in [1.82, 2.24) is 10.6 Å². The third-order valence-electron chi connectivity index (χ3n) is 10.2. The number of carboxylic acid groups (broad SMARTS) is 1. The molecule has 2 amide bonds. The van der Waals surface area contributed by atoms with Crippen LogP contribution in [0.3, 0.4) is 0 Å². The van der Waals surface area contributed by atoms with Crippen LogP contribution < -0.4 is 15.5 Å². The minimum Gasteiger partial charge on any atom is -0.478 e. The van der Waals surface area contributed by atoms with E-state index in [0.29, 0.717) is 28.2 Å². The van der Waals surface area contributed by atoms with Gasteiger partial charge in [0.15, 0.2) is 5.71 Å². The van der Waals surface area contributed by atoms with E-state index in [9.17, 15) is 66.8 Å². The summed E-state index contributed by atoms with van der Waals surface area (Å²) in [7, 11) is -17.7. The lowest BCUT2D eigenvalue weighted by atomic mass is 9.79. The van der Waals surface area contributed by atoms with Crippen molar-refractivity contribution in [1.29, 1.82) is 0 Å². The summed E-state index contributed by atoms with van der Waals surface area (Å²) in [5.74, 6) is -5.73. The average Bonchev–Trinajstić information content (AvgIpc) is 3.47. The van der Waals surface area contributed by atoms with Crippen LogP contribution in [0, 0.1) is 0 Å². The van der Waals surface area contributed by atoms with Crippen LogP contribution in [0.1, 0.15) is 82.7 Å². The molecule has 0 radical (unpaired) electrons. The molecule has 4 rings (SSSR count). The van der Waals surface area contributed by atoms with Gasteiger partial charge in [0.05, 0.1) is 39.6 Å². The summed E-state index contributed by atoms with van der Waals surface area (Å²) < 4.78 is 131. The maximum absolute atomic E-state index is 13.7. The zero-order valence-electron chi connectivity index (χ0n) is 34.1. The number of fused-ring (bicyclic) bond motifs is 2. The number of allylic oxidation sites excluding steroid dienone is 6. The molecule has 0 fully saturated rings. The molecule has 2 aromatic carbocycles. The number of hydrogen-bond acceptors (Lipinski definition) is 12. The smallest absolute Gasteiger partial charge is 0.336 e. The van der Waals surface area contributed by atoms with Gasteiger partial charge in [0.1, 0.15) is 6.54 Å². The maximum Gasteiger partial charge on any atom is 0.336 e. The van der Waals surface area contributed by atoms with Crippen molar-refractivity contribution in [3.63, 3.8) is 0 Å². The normalized spacial score (nSPS) is 16.9. The second-order valence-electron chi connectivity index (χ2n) is 15.5. The highest BCUT2D eigenvalue weighted by Gasteiger charge is 2.47. The lowest BCUT2D eigenvalue weighted by Crippen LogP contribution is -2.32. The quantitative estimate of drug-likeness (QED) is 0.0569. The van der Waals surface area contributed by atoms with Gasteiger partial charge in [-0.05, 0) is 44.5 Å². The molecule has 0 aliphatic carbocycles. The molecule has 0 bridgehead atoms. The van der Waals surface area contributed by atoms with Gasteiger partial charge in [-0.15, -0.1) is 0 Å². The van der Waals surface area contributed by atoms with Gasteiger partial charge in [0.2, 0.25) is 5.69 Å². The largest absolute Gasteiger partial charge is 0.478 e. The van der Waals surface area contributed by atoms with Crippen molar-refractivity contribution >= 4 is 75.3 Å². The van der Waals surface area contributed by atoms with Crippen molar-refractivity contribution in [2.45, 2.75) is 51.4 Å². The van der Waals surface area contributed by atoms with E-state index in [1.807, 2.05) is 13.8 Å². The monoisotopic (exact) mass is 945 g/mol. The molecular formula is C38H49N4O16S4+. The Morgan fingerprint density at radius 1 is 0.694 bits per heavy atom. The predicted octanol–water partition coefficient (Wildman–Crippen LogP) is 2.35. The third kappa shape index (κ3) is 12.6. The molecule has 0 saturated heterocycles. The molecule has 2 heterocycles. The molecule has 2 aliphatic rings. The van der Waals surface area contributed by atoms with Crippen molar-refractivity contribution in [2.75, 3.05) is 54.1 Å². The fourth-order valence-electron chi connectivity index (χ4n) is 7.63. The van der Waals surface area contributed by atoms with Gasteiger partial charge in [-0.25, -0.2) is 4.79 Å². The van der Waals surface area contributed by atoms with E-state index in [1.165, 1.54) is 18.2 Å². The number of amides is 2. The van der Waals surface area contributed by atoms with E-state index < -0.39 is 105 Å². The lowest BCUT2D eigenvalue weighted by Gasteiger charge is -2.27. The molecule has 24 heteroatoms. The lowest BCUT2D eigenvalue weighted by molar-refractivity contribution is -0.437. The van der Waals surface area contributed by atoms with Crippen LogP contribution in [-0.2, 0) is 51.3 Å². The first kappa shape index (κ1) is 49.8. The summed E-state index contributed by atoms with van der Waals surface area (Å²) in [6, 6.07) is 7.33. The number of anilines is 1. The topological polar surface area (TPSA) is 319 Å². The van der Waals surface area contributed by atoms with E-state index >= 15 is 0 Å². The SMILES string of the molecule is CC1(C)C(/C=C/C=C/C=C2/N(CCCS(=O)(=O)O)c3cc(C(=O)NCCS(=O)(=O)O)cc(C(=O)NCCS(=O)(=O)O)c3C2(C)C)=[N+](CCCS(=O)(=O)O)c2cccc(C(=O)O)c21. The molecule has 0 saturated carbocycles. The number of carboxylic acids is 1. The van der Waals surface area contributed by atoms with Crippen LogP contribution in [0.25, 0.3) is 0 Å². The fourth-order valence-corrected chi connectivity index (χ4v) is 9.34. The van der Waals surface area contributed by atoms with Crippen LogP contribution in [0.4, 0.5) is 11.4 Å². The van der Waals surface area contributed by atoms with Gasteiger partial charge in [0, 0.05) is 71.7 Å². The number of nitrogens with one attached hydrogen (secondary N) is 2. The zero-order chi connectivity index (χ0) is 46.6. The molecule has 0 atom stereocenters. The molecule has 340 valence electrons. The van der Waals surface area contributed by atoms with E-state index in [2.05, 4.69) is 10.6 Å². The Bertz CT molecular complexity index is 2720. The van der Waals surface area contributed by atoms with Crippen molar-refractivity contribution < 1.29 is 75.9 Å². The van der Waals surface area contributed by atoms with E-state index in [0.717, 1.165) is 0 Å². The first-order chi connectivity index (χ1) is 28.4. The Morgan fingerprint density at radius 3 is 1.82 bits per heavy atom. The Kier molecular flexibility index (Phi) is 15.2. The molecule has 2 aliphatic heterocycles. The first-order valence-electron chi connectivity index (χ1n) is 18.8. The van der Waals surface area contributed by atoms with Crippen LogP contribution in [0.15, 0.2) is 66.4 Å². The summed E-state index contributed by atoms with van der Waals surface area (Å²) in [6.45, 7) is 6.08. The number of hydrogen-bond donors (Lipinski definition) is 7. The zero-order valence-corrected chi connectivity index (χ0v) is 37.4. The highest BCUT2D eigenvalue weighted by atomic mass is 32.2. The average molecular weight is 946 g/mol. The Hall–Kier alpha value is -4.82. The highest BCUT2D eigenvalue weighted by molar-refractivity contribution is 7.86. The number of benzene rings is 2. The molecule has 2 aromatic rings. The second-order valence-corrected chi connectivity index (χ2v) is 21.8. The van der Waals surface area contributed by atoms with Crippen LogP contribution in [-0.4, -0.2) is 134 Å². The van der Waals surface area contributed by atoms with Crippen molar-refractivity contribution in [3.8, 4) is 0 Å². The van der Waals surface area contributed by atoms with Gasteiger partial charge in [-0.3, -0.25) is 27.8 Å². The fraction of sp³-hybridized carbons (Fsp3) is 0.421. The summed E-state index contributed by atoms with van der Waals surface area (Å²) in [4.78, 5) is 40.9. The van der Waals surface area contributed by atoms with E-state index in [-0.39, 0.29) is 48.3 Å². The predicted molar refractivity (Wildman–Crippen MR) is 229 cm³/mol. The third-order valence-corrected chi connectivity index (χ3v) is 13.2. The van der Waals surface area contributed by atoms with E-state index in [4.69, 9.17) is 4.55 Å². The Labute approximate surface area is 360 Å². The van der Waals surface area contributed by atoms with Gasteiger partial charge in [-0.1, -0.05) is 38.1 Å². The highest BCUT2D eigenvalue weighted by Crippen LogP contribution is 2.50. The minimum absolute atomic E-state index is 0.0163. The Morgan fingerprint density at radius 2 is 1.26 bits per heavy atom. The summed E-state index contributed by atoms with van der Waals surface area (Å²) in [5, 5.41) is 14.7. The molecule has 0 unspecified atom stereocenters. The summed E-state index contributed by atoms with van der Waals surface area (Å²) in [5.41, 5.74) is 0.432. The first-order valence-corrected chi connectivity index (χ1v) is 25.3. The van der Waals surface area contributed by atoms with Crippen molar-refractivity contribution in [3.05, 3.63) is 94.2 Å². The molecular weight excluding hydrogens is 897 g/mol. The second kappa shape index (κ2) is 18.9. The Balaban J connectivity index is 1.82. The van der Waals surface area contributed by atoms with Crippen LogP contribution >= 0.6 is 0 Å². The van der Waals surface area contributed by atoms with Gasteiger partial charge >= 0.3 is 5.97 Å². The van der Waals surface area contributed by atoms with Crippen LogP contribution in [0.5, 0.6) is 0 Å². The van der Waals surface area contributed by atoms with Crippen molar-refractivity contribution in [2.24, 2.45) is 0 Å². The summed E-state index contributed by atoms with van der Waals surface area (Å²) >= 11 is 0. The summed E-state index contributed by atoms with van der Waals surface area (Å²) in [6.07, 6.45) is 8.13. The number of nitrogens with zero attached hydrogens (tertiary/aromatic N) is 2. The molecule has 62 heavy (non-hydrogen) atoms. The maximum atomic E-state index is 13.7. The number of rotatable bonds is 20. The van der Waals surface area contributed by atoms with Gasteiger partial charge in [0.25, 0.3) is 52.3 Å². The molecule has 0 spiro atoms. The molecule has 0 aromatic heterocycles. The number of carbonyl (C=O) groups excluding carboxylic acids is 2. The van der Waals surface area contributed by atoms with Gasteiger partial charge < -0.3 is 20.6 Å². The number of aromatic carboxylic acids is 1. The molecule has 7 N–H and O–H groups in total.